The van der Waals surface area contributed by atoms with E-state index in [0.717, 1.165) is 23.1 Å². The fraction of sp³-hybridized carbons (Fsp3) is 0.500. The molecule has 0 saturated carbocycles. The van der Waals surface area contributed by atoms with Crippen LogP contribution >= 0.6 is 15.9 Å². The van der Waals surface area contributed by atoms with E-state index >= 15 is 0 Å². The third-order valence-electron chi connectivity index (χ3n) is 1.90. The van der Waals surface area contributed by atoms with Crippen LogP contribution in [-0.4, -0.2) is 18.2 Å². The second-order valence-corrected chi connectivity index (χ2v) is 3.57. The molecule has 3 heteroatoms. The van der Waals surface area contributed by atoms with E-state index in [1.807, 2.05) is 25.1 Å². The van der Waals surface area contributed by atoms with E-state index < -0.39 is 0 Å². The van der Waals surface area contributed by atoms with Crippen LogP contribution in [0.25, 0.3) is 0 Å². The lowest BCUT2D eigenvalue weighted by Gasteiger charge is -2.08. The Labute approximate surface area is 87.5 Å². The Kier molecular flexibility index (Phi) is 4.39. The minimum absolute atomic E-state index is 0.234. The normalized spacial score (nSPS) is 12.8. The van der Waals surface area contributed by atoms with E-state index in [1.165, 1.54) is 0 Å². The Morgan fingerprint density at radius 3 is 2.77 bits per heavy atom. The third-order valence-corrected chi connectivity index (χ3v) is 2.47. The maximum atomic E-state index is 5.18. The second-order valence-electron chi connectivity index (χ2n) is 3.00. The van der Waals surface area contributed by atoms with Gasteiger partial charge in [-0.15, -0.1) is 0 Å². The highest BCUT2D eigenvalue weighted by atomic mass is 79.9. The highest BCUT2D eigenvalue weighted by molar-refractivity contribution is 9.08. The number of halogens is 1. The summed E-state index contributed by atoms with van der Waals surface area (Å²) in [6, 6.07) is 6.07. The summed E-state index contributed by atoms with van der Waals surface area (Å²) in [4.78, 5) is 4.45. The van der Waals surface area contributed by atoms with Crippen molar-refractivity contribution >= 4 is 15.9 Å². The number of methoxy groups -OCH3 is 1. The van der Waals surface area contributed by atoms with Crippen molar-refractivity contribution in [1.82, 2.24) is 4.98 Å². The highest BCUT2D eigenvalue weighted by Gasteiger charge is 2.02. The Morgan fingerprint density at radius 2 is 2.15 bits per heavy atom. The van der Waals surface area contributed by atoms with E-state index in [2.05, 4.69) is 20.9 Å². The first-order valence-corrected chi connectivity index (χ1v) is 5.42. The van der Waals surface area contributed by atoms with Gasteiger partial charge in [0.25, 0.3) is 0 Å². The zero-order valence-corrected chi connectivity index (χ0v) is 9.54. The van der Waals surface area contributed by atoms with Gasteiger partial charge in [0.2, 0.25) is 0 Å². The van der Waals surface area contributed by atoms with Gasteiger partial charge in [0.15, 0.2) is 0 Å². The van der Waals surface area contributed by atoms with Gasteiger partial charge in [-0.3, -0.25) is 4.98 Å². The van der Waals surface area contributed by atoms with Gasteiger partial charge in [-0.25, -0.2) is 0 Å². The number of aromatic nitrogens is 1. The Bertz CT molecular complexity index is 265. The van der Waals surface area contributed by atoms with Gasteiger partial charge in [-0.2, -0.15) is 0 Å². The molecule has 0 saturated heterocycles. The van der Waals surface area contributed by atoms with Gasteiger partial charge in [0, 0.05) is 24.6 Å². The molecule has 0 amide bonds. The molecule has 0 spiro atoms. The minimum atomic E-state index is 0.234. The van der Waals surface area contributed by atoms with Crippen molar-refractivity contribution in [3.63, 3.8) is 0 Å². The molecule has 0 aliphatic rings. The number of pyridine rings is 1. The summed E-state index contributed by atoms with van der Waals surface area (Å²) < 4.78 is 5.18. The first-order valence-electron chi connectivity index (χ1n) is 4.30. The molecule has 2 nitrogen and oxygen atoms in total. The van der Waals surface area contributed by atoms with Crippen LogP contribution in [0.2, 0.25) is 0 Å². The van der Waals surface area contributed by atoms with E-state index in [9.17, 15) is 0 Å². The summed E-state index contributed by atoms with van der Waals surface area (Å²) in [7, 11) is 1.72. The molecule has 1 unspecified atom stereocenters. The van der Waals surface area contributed by atoms with Crippen molar-refractivity contribution in [1.29, 1.82) is 0 Å². The molecule has 0 bridgehead atoms. The van der Waals surface area contributed by atoms with Crippen LogP contribution in [0.5, 0.6) is 0 Å². The molecular formula is C10H14BrNO. The molecule has 1 rings (SSSR count). The van der Waals surface area contributed by atoms with E-state index in [4.69, 9.17) is 4.74 Å². The van der Waals surface area contributed by atoms with Crippen molar-refractivity contribution < 1.29 is 4.74 Å². The average Bonchev–Trinajstić information content (AvgIpc) is 2.18. The second kappa shape index (κ2) is 5.35. The minimum Gasteiger partial charge on any atom is -0.381 e. The average molecular weight is 244 g/mol. The van der Waals surface area contributed by atoms with Gasteiger partial charge < -0.3 is 4.74 Å². The lowest BCUT2D eigenvalue weighted by atomic mass is 10.2. The Morgan fingerprint density at radius 1 is 1.46 bits per heavy atom. The molecule has 1 aromatic heterocycles. The first-order chi connectivity index (χ1) is 6.26. The molecule has 1 aromatic rings. The van der Waals surface area contributed by atoms with Gasteiger partial charge in [-0.1, -0.05) is 22.0 Å². The van der Waals surface area contributed by atoms with Crippen LogP contribution in [-0.2, 0) is 16.5 Å². The molecule has 0 fully saturated rings. The molecule has 0 aliphatic carbocycles. The van der Waals surface area contributed by atoms with Gasteiger partial charge in [-0.05, 0) is 19.1 Å². The number of ether oxygens (including phenoxy) is 1. The zero-order chi connectivity index (χ0) is 9.68. The van der Waals surface area contributed by atoms with E-state index in [0.29, 0.717) is 0 Å². The summed E-state index contributed by atoms with van der Waals surface area (Å²) in [5.74, 6) is 0. The van der Waals surface area contributed by atoms with Gasteiger partial charge in [0.1, 0.15) is 0 Å². The van der Waals surface area contributed by atoms with Crippen molar-refractivity contribution in [2.75, 3.05) is 7.11 Å². The van der Waals surface area contributed by atoms with E-state index in [-0.39, 0.29) is 6.10 Å². The number of hydrogen-bond donors (Lipinski definition) is 0. The fourth-order valence-electron chi connectivity index (χ4n) is 1.10. The number of alkyl halides is 1. The highest BCUT2D eigenvalue weighted by Crippen LogP contribution is 2.06. The lowest BCUT2D eigenvalue weighted by Crippen LogP contribution is -2.10. The molecular weight excluding hydrogens is 230 g/mol. The van der Waals surface area contributed by atoms with Crippen LogP contribution in [0.1, 0.15) is 18.3 Å². The summed E-state index contributed by atoms with van der Waals surface area (Å²) in [6.07, 6.45) is 1.11. The van der Waals surface area contributed by atoms with Crippen LogP contribution < -0.4 is 0 Å². The predicted molar refractivity (Wildman–Crippen MR) is 57.0 cm³/mol. The largest absolute Gasteiger partial charge is 0.381 e. The first kappa shape index (κ1) is 10.7. The lowest BCUT2D eigenvalue weighted by molar-refractivity contribution is 0.118. The van der Waals surface area contributed by atoms with Gasteiger partial charge in [0.05, 0.1) is 11.8 Å². The monoisotopic (exact) mass is 243 g/mol. The summed E-state index contributed by atoms with van der Waals surface area (Å²) in [6.45, 7) is 2.04. The standard InChI is InChI=1S/C10H14BrNO/c1-8(13-2)6-9-4-3-5-10(7-11)12-9/h3-5,8H,6-7H2,1-2H3. The Balaban J connectivity index is 2.66. The molecule has 0 N–H and O–H groups in total. The van der Waals surface area contributed by atoms with Crippen LogP contribution in [0.15, 0.2) is 18.2 Å². The zero-order valence-electron chi connectivity index (χ0n) is 7.96. The summed E-state index contributed by atoms with van der Waals surface area (Å²) in [5.41, 5.74) is 2.16. The third kappa shape index (κ3) is 3.44. The van der Waals surface area contributed by atoms with Crippen LogP contribution in [0.4, 0.5) is 0 Å². The fourth-order valence-corrected chi connectivity index (χ4v) is 1.41. The van der Waals surface area contributed by atoms with Crippen molar-refractivity contribution in [2.24, 2.45) is 0 Å². The maximum Gasteiger partial charge on any atom is 0.0598 e. The van der Waals surface area contributed by atoms with Crippen LogP contribution in [0, 0.1) is 0 Å². The number of rotatable bonds is 4. The van der Waals surface area contributed by atoms with Crippen LogP contribution in [0.3, 0.4) is 0 Å². The maximum absolute atomic E-state index is 5.18. The SMILES string of the molecule is COC(C)Cc1cccc(CBr)n1. The smallest absolute Gasteiger partial charge is 0.0598 e. The topological polar surface area (TPSA) is 22.1 Å². The summed E-state index contributed by atoms with van der Waals surface area (Å²) in [5, 5.41) is 0.808. The molecule has 0 radical (unpaired) electrons. The van der Waals surface area contributed by atoms with Crippen molar-refractivity contribution in [3.8, 4) is 0 Å². The number of hydrogen-bond acceptors (Lipinski definition) is 2. The molecule has 1 heterocycles. The number of nitrogens with zero attached hydrogens (tertiary/aromatic N) is 1. The molecule has 13 heavy (non-hydrogen) atoms. The molecule has 0 aliphatic heterocycles. The molecule has 72 valence electrons. The Hall–Kier alpha value is -0.410. The van der Waals surface area contributed by atoms with Crippen molar-refractivity contribution in [2.45, 2.75) is 24.8 Å². The van der Waals surface area contributed by atoms with Crippen molar-refractivity contribution in [3.05, 3.63) is 29.6 Å². The molecule has 0 aromatic carbocycles. The summed E-state index contributed by atoms with van der Waals surface area (Å²) >= 11 is 3.38. The predicted octanol–water partition coefficient (Wildman–Crippen LogP) is 2.55. The van der Waals surface area contributed by atoms with Gasteiger partial charge >= 0.3 is 0 Å². The quantitative estimate of drug-likeness (QED) is 0.759. The van der Waals surface area contributed by atoms with E-state index in [1.54, 1.807) is 7.11 Å². The molecule has 1 atom stereocenters.